The molecule has 1 saturated heterocycles. The summed E-state index contributed by atoms with van der Waals surface area (Å²) in [4.78, 5) is 23.4. The number of aromatic amines is 1. The second-order valence-corrected chi connectivity index (χ2v) is 7.97. The Morgan fingerprint density at radius 2 is 1.86 bits per heavy atom. The summed E-state index contributed by atoms with van der Waals surface area (Å²) in [6.45, 7) is 7.02. The van der Waals surface area contributed by atoms with Gasteiger partial charge in [-0.1, -0.05) is 11.6 Å². The number of ether oxygens (including phenoxy) is 1. The zero-order valence-corrected chi connectivity index (χ0v) is 17.5. The molecule has 0 bridgehead atoms. The molecule has 1 atom stereocenters. The van der Waals surface area contributed by atoms with Crippen molar-refractivity contribution in [2.24, 2.45) is 0 Å². The molecule has 0 unspecified atom stereocenters. The number of benzene rings is 1. The standard InChI is InChI=1S/C21H24ClN5O2/c1-12-10-16(11-13(2)17(12)22)29-14(3)21(28)27-8-4-15(5-9-27)18-19-20(26-25-18)24-7-6-23-19/h6-7,10-11,14-15H,4-5,8-9H2,1-3H3,(H,24,25,26)/t14-/m0/s1. The minimum absolute atomic E-state index is 0.00275. The third-order valence-corrected chi connectivity index (χ3v) is 6.10. The molecule has 7 nitrogen and oxygen atoms in total. The maximum Gasteiger partial charge on any atom is 0.263 e. The number of H-pyrrole nitrogens is 1. The fourth-order valence-electron chi connectivity index (χ4n) is 3.93. The number of hydrogen-bond donors (Lipinski definition) is 1. The number of amides is 1. The number of nitrogens with zero attached hydrogens (tertiary/aromatic N) is 4. The molecule has 0 saturated carbocycles. The van der Waals surface area contributed by atoms with Crippen LogP contribution in [0.3, 0.4) is 0 Å². The summed E-state index contributed by atoms with van der Waals surface area (Å²) in [5, 5.41) is 8.05. The molecular formula is C21H24ClN5O2. The van der Waals surface area contributed by atoms with E-state index in [1.54, 1.807) is 19.3 Å². The molecule has 1 aliphatic rings. The summed E-state index contributed by atoms with van der Waals surface area (Å²) in [5.41, 5.74) is 4.35. The second-order valence-electron chi connectivity index (χ2n) is 7.60. The van der Waals surface area contributed by atoms with E-state index >= 15 is 0 Å². The van der Waals surface area contributed by atoms with E-state index in [1.807, 2.05) is 30.9 Å². The number of hydrogen-bond acceptors (Lipinski definition) is 5. The highest BCUT2D eigenvalue weighted by Crippen LogP contribution is 2.31. The number of nitrogens with one attached hydrogen (secondary N) is 1. The highest BCUT2D eigenvalue weighted by molar-refractivity contribution is 6.32. The zero-order chi connectivity index (χ0) is 20.5. The molecule has 8 heteroatoms. The average molecular weight is 414 g/mol. The van der Waals surface area contributed by atoms with Gasteiger partial charge in [-0.05, 0) is 56.9 Å². The Kier molecular flexibility index (Phi) is 5.41. The molecule has 1 amide bonds. The van der Waals surface area contributed by atoms with E-state index in [4.69, 9.17) is 16.3 Å². The zero-order valence-electron chi connectivity index (χ0n) is 16.8. The summed E-state index contributed by atoms with van der Waals surface area (Å²) in [6, 6.07) is 3.74. The first-order valence-corrected chi connectivity index (χ1v) is 10.2. The monoisotopic (exact) mass is 413 g/mol. The first-order valence-electron chi connectivity index (χ1n) is 9.81. The van der Waals surface area contributed by atoms with Gasteiger partial charge in [0.25, 0.3) is 5.91 Å². The van der Waals surface area contributed by atoms with E-state index in [2.05, 4.69) is 20.2 Å². The van der Waals surface area contributed by atoms with Crippen LogP contribution in [0.1, 0.15) is 42.5 Å². The highest BCUT2D eigenvalue weighted by Gasteiger charge is 2.29. The molecule has 1 aromatic carbocycles. The summed E-state index contributed by atoms with van der Waals surface area (Å²) in [5.74, 6) is 0.962. The van der Waals surface area contributed by atoms with Crippen LogP contribution in [0.5, 0.6) is 5.75 Å². The number of rotatable bonds is 4. The van der Waals surface area contributed by atoms with Crippen molar-refractivity contribution in [1.29, 1.82) is 0 Å². The smallest absolute Gasteiger partial charge is 0.263 e. The van der Waals surface area contributed by atoms with Gasteiger partial charge in [-0.3, -0.25) is 9.89 Å². The lowest BCUT2D eigenvalue weighted by Crippen LogP contribution is -2.44. The van der Waals surface area contributed by atoms with Gasteiger partial charge in [-0.15, -0.1) is 0 Å². The van der Waals surface area contributed by atoms with E-state index in [0.29, 0.717) is 30.4 Å². The van der Waals surface area contributed by atoms with Crippen molar-refractivity contribution >= 4 is 28.7 Å². The normalized spacial score (nSPS) is 16.2. The summed E-state index contributed by atoms with van der Waals surface area (Å²) in [6.07, 6.45) is 4.47. The predicted molar refractivity (Wildman–Crippen MR) is 111 cm³/mol. The molecular weight excluding hydrogens is 390 g/mol. The summed E-state index contributed by atoms with van der Waals surface area (Å²) >= 11 is 6.22. The molecule has 4 rings (SSSR count). The van der Waals surface area contributed by atoms with Gasteiger partial charge in [-0.25, -0.2) is 9.97 Å². The average Bonchev–Trinajstić information content (AvgIpc) is 3.15. The largest absolute Gasteiger partial charge is 0.481 e. The van der Waals surface area contributed by atoms with Crippen LogP contribution < -0.4 is 4.74 Å². The minimum atomic E-state index is -0.551. The number of carbonyl (C=O) groups excluding carboxylic acids is 1. The predicted octanol–water partition coefficient (Wildman–Crippen LogP) is 3.80. The Hall–Kier alpha value is -2.67. The first-order chi connectivity index (χ1) is 13.9. The van der Waals surface area contributed by atoms with E-state index in [9.17, 15) is 4.79 Å². The van der Waals surface area contributed by atoms with Gasteiger partial charge in [0, 0.05) is 36.4 Å². The van der Waals surface area contributed by atoms with Crippen LogP contribution in [0, 0.1) is 13.8 Å². The third kappa shape index (κ3) is 3.92. The molecule has 152 valence electrons. The number of likely N-dealkylation sites (tertiary alicyclic amines) is 1. The van der Waals surface area contributed by atoms with Crippen molar-refractivity contribution in [3.63, 3.8) is 0 Å². The van der Waals surface area contributed by atoms with Gasteiger partial charge in [0.2, 0.25) is 0 Å². The minimum Gasteiger partial charge on any atom is -0.481 e. The second kappa shape index (κ2) is 7.99. The van der Waals surface area contributed by atoms with Gasteiger partial charge in [-0.2, -0.15) is 5.10 Å². The molecule has 0 radical (unpaired) electrons. The Balaban J connectivity index is 1.38. The Morgan fingerprint density at radius 1 is 1.21 bits per heavy atom. The van der Waals surface area contributed by atoms with E-state index < -0.39 is 6.10 Å². The van der Waals surface area contributed by atoms with E-state index in [1.165, 1.54) is 0 Å². The van der Waals surface area contributed by atoms with Gasteiger partial charge in [0.15, 0.2) is 11.8 Å². The lowest BCUT2D eigenvalue weighted by atomic mass is 9.93. The van der Waals surface area contributed by atoms with Crippen LogP contribution in [0.4, 0.5) is 0 Å². The Morgan fingerprint density at radius 3 is 2.55 bits per heavy atom. The van der Waals surface area contributed by atoms with Crippen LogP contribution in [0.2, 0.25) is 5.02 Å². The van der Waals surface area contributed by atoms with Gasteiger partial charge < -0.3 is 9.64 Å². The molecule has 1 aliphatic heterocycles. The van der Waals surface area contributed by atoms with Crippen LogP contribution in [-0.2, 0) is 4.79 Å². The van der Waals surface area contributed by atoms with E-state index in [-0.39, 0.29) is 5.91 Å². The molecule has 3 heterocycles. The lowest BCUT2D eigenvalue weighted by Gasteiger charge is -2.33. The topological polar surface area (TPSA) is 84.0 Å². The van der Waals surface area contributed by atoms with Gasteiger partial charge in [0.05, 0.1) is 5.69 Å². The maximum absolute atomic E-state index is 12.9. The fourth-order valence-corrected chi connectivity index (χ4v) is 4.04. The molecule has 1 N–H and O–H groups in total. The van der Waals surface area contributed by atoms with Gasteiger partial charge in [0.1, 0.15) is 11.3 Å². The van der Waals surface area contributed by atoms with Crippen molar-refractivity contribution < 1.29 is 9.53 Å². The first kappa shape index (κ1) is 19.6. The number of aryl methyl sites for hydroxylation is 2. The number of halogens is 1. The summed E-state index contributed by atoms with van der Waals surface area (Å²) < 4.78 is 5.92. The molecule has 0 aliphatic carbocycles. The number of piperidine rings is 1. The van der Waals surface area contributed by atoms with Crippen LogP contribution in [0.25, 0.3) is 11.2 Å². The molecule has 2 aromatic heterocycles. The van der Waals surface area contributed by atoms with Crippen LogP contribution in [0.15, 0.2) is 24.5 Å². The third-order valence-electron chi connectivity index (χ3n) is 5.50. The summed E-state index contributed by atoms with van der Waals surface area (Å²) in [7, 11) is 0. The lowest BCUT2D eigenvalue weighted by molar-refractivity contribution is -0.139. The Labute approximate surface area is 174 Å². The van der Waals surface area contributed by atoms with Crippen molar-refractivity contribution in [3.8, 4) is 5.75 Å². The number of aromatic nitrogens is 4. The van der Waals surface area contributed by atoms with E-state index in [0.717, 1.165) is 40.2 Å². The molecule has 1 fully saturated rings. The van der Waals surface area contributed by atoms with Crippen molar-refractivity contribution in [3.05, 3.63) is 46.4 Å². The van der Waals surface area contributed by atoms with Crippen molar-refractivity contribution in [2.45, 2.75) is 45.6 Å². The van der Waals surface area contributed by atoms with Crippen LogP contribution in [-0.4, -0.2) is 50.2 Å². The highest BCUT2D eigenvalue weighted by atomic mass is 35.5. The maximum atomic E-state index is 12.9. The molecule has 0 spiro atoms. The molecule has 3 aromatic rings. The number of carbonyl (C=O) groups is 1. The quantitative estimate of drug-likeness (QED) is 0.703. The van der Waals surface area contributed by atoms with Crippen LogP contribution >= 0.6 is 11.6 Å². The van der Waals surface area contributed by atoms with Crippen molar-refractivity contribution in [1.82, 2.24) is 25.1 Å². The SMILES string of the molecule is Cc1cc(O[C@@H](C)C(=O)N2CCC(c3[nH]nc4nccnc34)CC2)cc(C)c1Cl. The van der Waals surface area contributed by atoms with Crippen molar-refractivity contribution in [2.75, 3.05) is 13.1 Å². The molecule has 29 heavy (non-hydrogen) atoms. The Bertz CT molecular complexity index is 1020. The number of fused-ring (bicyclic) bond motifs is 1. The fraction of sp³-hybridized carbons (Fsp3) is 0.429. The van der Waals surface area contributed by atoms with Gasteiger partial charge >= 0.3 is 0 Å².